The van der Waals surface area contributed by atoms with Crippen LogP contribution in [0.5, 0.6) is 0 Å². The van der Waals surface area contributed by atoms with Crippen LogP contribution >= 0.6 is 0 Å². The Morgan fingerprint density at radius 1 is 1.17 bits per heavy atom. The van der Waals surface area contributed by atoms with Gasteiger partial charge in [-0.15, -0.1) is 0 Å². The predicted molar refractivity (Wildman–Crippen MR) is 87.8 cm³/mol. The van der Waals surface area contributed by atoms with Crippen LogP contribution in [0.3, 0.4) is 0 Å². The third-order valence-electron chi connectivity index (χ3n) is 4.15. The van der Waals surface area contributed by atoms with Crippen molar-refractivity contribution in [2.24, 2.45) is 0 Å². The predicted octanol–water partition coefficient (Wildman–Crippen LogP) is 2.95. The van der Waals surface area contributed by atoms with Crippen LogP contribution in [0, 0.1) is 11.6 Å². The van der Waals surface area contributed by atoms with E-state index in [9.17, 15) is 18.4 Å². The third-order valence-corrected chi connectivity index (χ3v) is 4.15. The number of nitrogens with zero attached hydrogens (tertiary/aromatic N) is 1. The molecule has 1 fully saturated rings. The van der Waals surface area contributed by atoms with Gasteiger partial charge in [0.1, 0.15) is 17.3 Å². The standard InChI is InChI=1S/C17H23F2N3O2/c1-12(23)22(16-14(18)8-5-9-15(16)19)11-10-20-17(24)21-13-6-3-2-4-7-13/h5,8-9,13H,2-4,6-7,10-11H2,1H3,(H2,20,21,24). The quantitative estimate of drug-likeness (QED) is 0.866. The van der Waals surface area contributed by atoms with Crippen molar-refractivity contribution in [1.82, 2.24) is 10.6 Å². The second-order valence-electron chi connectivity index (χ2n) is 5.98. The highest BCUT2D eigenvalue weighted by molar-refractivity contribution is 5.91. The molecule has 0 heterocycles. The Labute approximate surface area is 140 Å². The molecule has 0 spiro atoms. The smallest absolute Gasteiger partial charge is 0.315 e. The largest absolute Gasteiger partial charge is 0.336 e. The molecule has 0 unspecified atom stereocenters. The molecule has 0 saturated heterocycles. The van der Waals surface area contributed by atoms with Crippen LogP contribution in [0.2, 0.25) is 0 Å². The first-order valence-electron chi connectivity index (χ1n) is 8.25. The lowest BCUT2D eigenvalue weighted by Crippen LogP contribution is -2.46. The van der Waals surface area contributed by atoms with Gasteiger partial charge in [0.05, 0.1) is 0 Å². The lowest BCUT2D eigenvalue weighted by molar-refractivity contribution is -0.116. The van der Waals surface area contributed by atoms with Crippen LogP contribution < -0.4 is 15.5 Å². The molecule has 132 valence electrons. The molecule has 3 amide bonds. The van der Waals surface area contributed by atoms with Gasteiger partial charge in [-0.05, 0) is 25.0 Å². The van der Waals surface area contributed by atoms with Crippen LogP contribution in [0.15, 0.2) is 18.2 Å². The van der Waals surface area contributed by atoms with E-state index in [1.54, 1.807) is 0 Å². The van der Waals surface area contributed by atoms with E-state index in [0.29, 0.717) is 0 Å². The number of nitrogens with one attached hydrogen (secondary N) is 2. The molecule has 2 N–H and O–H groups in total. The maximum Gasteiger partial charge on any atom is 0.315 e. The number of hydrogen-bond donors (Lipinski definition) is 2. The highest BCUT2D eigenvalue weighted by atomic mass is 19.1. The molecular weight excluding hydrogens is 316 g/mol. The van der Waals surface area contributed by atoms with Crippen molar-refractivity contribution in [2.45, 2.75) is 45.1 Å². The van der Waals surface area contributed by atoms with E-state index in [1.807, 2.05) is 0 Å². The van der Waals surface area contributed by atoms with Gasteiger partial charge in [0.2, 0.25) is 5.91 Å². The minimum Gasteiger partial charge on any atom is -0.336 e. The Morgan fingerprint density at radius 3 is 2.38 bits per heavy atom. The summed E-state index contributed by atoms with van der Waals surface area (Å²) in [5, 5.41) is 5.52. The Balaban J connectivity index is 1.88. The minimum absolute atomic E-state index is 0.00866. The first-order chi connectivity index (χ1) is 11.5. The molecule has 0 aliphatic heterocycles. The molecule has 1 saturated carbocycles. The maximum absolute atomic E-state index is 13.8. The van der Waals surface area contributed by atoms with Gasteiger partial charge in [0, 0.05) is 26.1 Å². The van der Waals surface area contributed by atoms with Crippen LogP contribution in [0.4, 0.5) is 19.3 Å². The van der Waals surface area contributed by atoms with E-state index in [1.165, 1.54) is 19.4 Å². The fourth-order valence-electron chi connectivity index (χ4n) is 2.94. The Bertz CT molecular complexity index is 569. The molecule has 0 aromatic heterocycles. The SMILES string of the molecule is CC(=O)N(CCNC(=O)NC1CCCCC1)c1c(F)cccc1F. The molecule has 24 heavy (non-hydrogen) atoms. The lowest BCUT2D eigenvalue weighted by Gasteiger charge is -2.24. The van der Waals surface area contributed by atoms with Gasteiger partial charge >= 0.3 is 6.03 Å². The molecule has 2 rings (SSSR count). The van der Waals surface area contributed by atoms with Gasteiger partial charge < -0.3 is 15.5 Å². The van der Waals surface area contributed by atoms with E-state index in [4.69, 9.17) is 0 Å². The summed E-state index contributed by atoms with van der Waals surface area (Å²) in [5.41, 5.74) is -0.389. The maximum atomic E-state index is 13.8. The van der Waals surface area contributed by atoms with E-state index in [2.05, 4.69) is 10.6 Å². The zero-order valence-electron chi connectivity index (χ0n) is 13.8. The highest BCUT2D eigenvalue weighted by Crippen LogP contribution is 2.23. The zero-order valence-corrected chi connectivity index (χ0v) is 13.8. The van der Waals surface area contributed by atoms with E-state index in [0.717, 1.165) is 42.7 Å². The zero-order chi connectivity index (χ0) is 17.5. The first kappa shape index (κ1) is 18.2. The Hall–Kier alpha value is -2.18. The number of para-hydroxylation sites is 1. The van der Waals surface area contributed by atoms with E-state index >= 15 is 0 Å². The van der Waals surface area contributed by atoms with Gasteiger partial charge in [-0.1, -0.05) is 25.3 Å². The summed E-state index contributed by atoms with van der Waals surface area (Å²) in [6.45, 7) is 1.32. The molecular formula is C17H23F2N3O2. The minimum atomic E-state index is -0.808. The summed E-state index contributed by atoms with van der Waals surface area (Å²) >= 11 is 0. The van der Waals surface area contributed by atoms with E-state index < -0.39 is 17.5 Å². The van der Waals surface area contributed by atoms with Crippen LogP contribution in [0.1, 0.15) is 39.0 Å². The first-order valence-corrected chi connectivity index (χ1v) is 8.25. The number of urea groups is 1. The van der Waals surface area contributed by atoms with Gasteiger partial charge in [-0.25, -0.2) is 13.6 Å². The average Bonchev–Trinajstić information content (AvgIpc) is 2.53. The number of carbonyl (C=O) groups excluding carboxylic acids is 2. The second-order valence-corrected chi connectivity index (χ2v) is 5.98. The fraction of sp³-hybridized carbons (Fsp3) is 0.529. The molecule has 1 aromatic carbocycles. The second kappa shape index (κ2) is 8.61. The van der Waals surface area contributed by atoms with Crippen molar-refractivity contribution in [3.63, 3.8) is 0 Å². The van der Waals surface area contributed by atoms with Crippen LogP contribution in [-0.4, -0.2) is 31.1 Å². The summed E-state index contributed by atoms with van der Waals surface area (Å²) in [4.78, 5) is 24.6. The number of amides is 3. The fourth-order valence-corrected chi connectivity index (χ4v) is 2.94. The normalized spacial score (nSPS) is 15.0. The average molecular weight is 339 g/mol. The number of hydrogen-bond acceptors (Lipinski definition) is 2. The van der Waals surface area contributed by atoms with Crippen molar-refractivity contribution >= 4 is 17.6 Å². The molecule has 1 aliphatic carbocycles. The third kappa shape index (κ3) is 4.91. The summed E-state index contributed by atoms with van der Waals surface area (Å²) in [7, 11) is 0. The Morgan fingerprint density at radius 2 is 1.79 bits per heavy atom. The topological polar surface area (TPSA) is 61.4 Å². The number of rotatable bonds is 5. The summed E-state index contributed by atoms with van der Waals surface area (Å²) in [6, 6.07) is 3.28. The lowest BCUT2D eigenvalue weighted by atomic mass is 9.96. The number of halogens is 2. The van der Waals surface area contributed by atoms with Gasteiger partial charge in [0.25, 0.3) is 0 Å². The van der Waals surface area contributed by atoms with Gasteiger partial charge in [0.15, 0.2) is 0 Å². The van der Waals surface area contributed by atoms with Crippen molar-refractivity contribution in [2.75, 3.05) is 18.0 Å². The van der Waals surface area contributed by atoms with E-state index in [-0.39, 0.29) is 30.8 Å². The van der Waals surface area contributed by atoms with Crippen molar-refractivity contribution in [3.8, 4) is 0 Å². The molecule has 5 nitrogen and oxygen atoms in total. The summed E-state index contributed by atoms with van der Waals surface area (Å²) in [6.07, 6.45) is 5.34. The molecule has 1 aromatic rings. The summed E-state index contributed by atoms with van der Waals surface area (Å²) in [5.74, 6) is -2.11. The van der Waals surface area contributed by atoms with Crippen molar-refractivity contribution < 1.29 is 18.4 Å². The van der Waals surface area contributed by atoms with Crippen LogP contribution in [-0.2, 0) is 4.79 Å². The highest BCUT2D eigenvalue weighted by Gasteiger charge is 2.20. The molecule has 7 heteroatoms. The van der Waals surface area contributed by atoms with Gasteiger partial charge in [-0.3, -0.25) is 4.79 Å². The molecule has 0 atom stereocenters. The van der Waals surface area contributed by atoms with Crippen molar-refractivity contribution in [1.29, 1.82) is 0 Å². The van der Waals surface area contributed by atoms with Gasteiger partial charge in [-0.2, -0.15) is 0 Å². The number of anilines is 1. The molecule has 0 radical (unpaired) electrons. The van der Waals surface area contributed by atoms with Crippen molar-refractivity contribution in [3.05, 3.63) is 29.8 Å². The monoisotopic (exact) mass is 339 g/mol. The number of benzene rings is 1. The molecule has 1 aliphatic rings. The number of carbonyl (C=O) groups is 2. The summed E-state index contributed by atoms with van der Waals surface area (Å²) < 4.78 is 27.6. The Kier molecular flexibility index (Phi) is 6.52. The molecule has 0 bridgehead atoms. The van der Waals surface area contributed by atoms with Crippen LogP contribution in [0.25, 0.3) is 0 Å².